The molecule has 2 N–H and O–H groups in total. The highest BCUT2D eigenvalue weighted by Crippen LogP contribution is 2.41. The van der Waals surface area contributed by atoms with Crippen molar-refractivity contribution in [1.82, 2.24) is 5.32 Å². The summed E-state index contributed by atoms with van der Waals surface area (Å²) in [5.41, 5.74) is 4.45. The summed E-state index contributed by atoms with van der Waals surface area (Å²) < 4.78 is 0. The highest BCUT2D eigenvalue weighted by molar-refractivity contribution is 5.97. The molecule has 0 spiro atoms. The van der Waals surface area contributed by atoms with Gasteiger partial charge < -0.3 is 10.6 Å². The number of nitrogens with one attached hydrogen (secondary N) is 2. The van der Waals surface area contributed by atoms with Crippen molar-refractivity contribution in [3.63, 3.8) is 0 Å². The van der Waals surface area contributed by atoms with Crippen LogP contribution < -0.4 is 10.6 Å². The van der Waals surface area contributed by atoms with Crippen molar-refractivity contribution in [3.8, 4) is 0 Å². The normalized spacial score (nSPS) is 21.4. The van der Waals surface area contributed by atoms with Gasteiger partial charge in [0.1, 0.15) is 0 Å². The molecule has 2 aromatic rings. The number of carbonyl (C=O) groups excluding carboxylic acids is 1. The molecule has 2 atom stereocenters. The number of hydrogen-bond donors (Lipinski definition) is 2. The molecule has 2 unspecified atom stereocenters. The van der Waals surface area contributed by atoms with E-state index in [4.69, 9.17) is 0 Å². The van der Waals surface area contributed by atoms with E-state index < -0.39 is 0 Å². The van der Waals surface area contributed by atoms with Gasteiger partial charge in [0.2, 0.25) is 0 Å². The van der Waals surface area contributed by atoms with Crippen LogP contribution in [-0.4, -0.2) is 18.5 Å². The van der Waals surface area contributed by atoms with Crippen molar-refractivity contribution < 1.29 is 4.79 Å². The van der Waals surface area contributed by atoms with Gasteiger partial charge in [-0.2, -0.15) is 0 Å². The molecule has 0 aromatic heterocycles. The molecule has 4 rings (SSSR count). The number of anilines is 1. The van der Waals surface area contributed by atoms with E-state index >= 15 is 0 Å². The summed E-state index contributed by atoms with van der Waals surface area (Å²) in [4.78, 5) is 12.6. The molecule has 1 fully saturated rings. The average Bonchev–Trinajstić information content (AvgIpc) is 3.34. The Morgan fingerprint density at radius 2 is 1.91 bits per heavy atom. The van der Waals surface area contributed by atoms with Crippen molar-refractivity contribution in [2.45, 2.75) is 31.2 Å². The molecule has 4 heteroatoms. The Labute approximate surface area is 142 Å². The molecule has 1 heterocycles. The topological polar surface area (TPSA) is 41.1 Å². The maximum Gasteiger partial charge on any atom is 0.251 e. The Morgan fingerprint density at radius 3 is 2.74 bits per heavy atom. The lowest BCUT2D eigenvalue weighted by molar-refractivity contribution is 0.0949. The third-order valence-corrected chi connectivity index (χ3v) is 4.67. The van der Waals surface area contributed by atoms with Crippen LogP contribution >= 0.6 is 12.4 Å². The summed E-state index contributed by atoms with van der Waals surface area (Å²) in [6, 6.07) is 16.7. The molecule has 120 valence electrons. The van der Waals surface area contributed by atoms with E-state index in [-0.39, 0.29) is 24.4 Å². The molecule has 0 radical (unpaired) electrons. The Bertz CT molecular complexity index is 702. The molecule has 0 bridgehead atoms. The zero-order valence-electron chi connectivity index (χ0n) is 12.9. The van der Waals surface area contributed by atoms with E-state index in [1.54, 1.807) is 0 Å². The fraction of sp³-hybridized carbons (Fsp3) is 0.316. The third-order valence-electron chi connectivity index (χ3n) is 4.67. The average molecular weight is 329 g/mol. The number of carbonyl (C=O) groups is 1. The highest BCUT2D eigenvalue weighted by Gasteiger charge is 2.39. The summed E-state index contributed by atoms with van der Waals surface area (Å²) in [6.07, 6.45) is 3.12. The van der Waals surface area contributed by atoms with Gasteiger partial charge in [-0.25, -0.2) is 0 Å². The van der Waals surface area contributed by atoms with Crippen LogP contribution in [0.25, 0.3) is 0 Å². The molecule has 2 aromatic carbocycles. The van der Waals surface area contributed by atoms with E-state index in [1.165, 1.54) is 11.1 Å². The molecule has 1 saturated carbocycles. The first-order valence-corrected chi connectivity index (χ1v) is 8.04. The molecule has 0 saturated heterocycles. The number of fused-ring (bicyclic) bond motifs is 1. The second-order valence-electron chi connectivity index (χ2n) is 6.19. The number of halogens is 1. The van der Waals surface area contributed by atoms with E-state index in [2.05, 4.69) is 41.0 Å². The SMILES string of the molecule is Cl.O=C(NC1CC1c1ccccc1)c1cccc2c1CCCN2. The molecule has 1 amide bonds. The smallest absolute Gasteiger partial charge is 0.251 e. The first kappa shape index (κ1) is 15.9. The van der Waals surface area contributed by atoms with Gasteiger partial charge in [-0.05, 0) is 42.5 Å². The largest absolute Gasteiger partial charge is 0.385 e. The van der Waals surface area contributed by atoms with Crippen molar-refractivity contribution in [2.24, 2.45) is 0 Å². The van der Waals surface area contributed by atoms with Crippen LogP contribution in [0.15, 0.2) is 48.5 Å². The number of amides is 1. The van der Waals surface area contributed by atoms with Crippen LogP contribution in [0, 0.1) is 0 Å². The quantitative estimate of drug-likeness (QED) is 0.901. The number of benzene rings is 2. The second-order valence-corrected chi connectivity index (χ2v) is 6.19. The Balaban J connectivity index is 0.00000156. The van der Waals surface area contributed by atoms with Crippen LogP contribution in [0.4, 0.5) is 5.69 Å². The lowest BCUT2D eigenvalue weighted by atomic mass is 9.97. The van der Waals surface area contributed by atoms with Gasteiger partial charge in [-0.3, -0.25) is 4.79 Å². The van der Waals surface area contributed by atoms with Crippen LogP contribution in [-0.2, 0) is 6.42 Å². The zero-order chi connectivity index (χ0) is 14.9. The first-order chi connectivity index (χ1) is 10.8. The fourth-order valence-corrected chi connectivity index (χ4v) is 3.39. The van der Waals surface area contributed by atoms with Gasteiger partial charge in [-0.15, -0.1) is 12.4 Å². The standard InChI is InChI=1S/C19H20N2O.ClH/c22-19(15-8-4-10-17-14(15)9-5-11-20-17)21-18-12-16(18)13-6-2-1-3-7-13;/h1-4,6-8,10,16,18,20H,5,9,11-12H2,(H,21,22);1H. The summed E-state index contributed by atoms with van der Waals surface area (Å²) >= 11 is 0. The van der Waals surface area contributed by atoms with E-state index in [0.29, 0.717) is 5.92 Å². The van der Waals surface area contributed by atoms with Crippen LogP contribution in [0.3, 0.4) is 0 Å². The summed E-state index contributed by atoms with van der Waals surface area (Å²) in [7, 11) is 0. The maximum atomic E-state index is 12.6. The van der Waals surface area contributed by atoms with Crippen LogP contribution in [0.5, 0.6) is 0 Å². The first-order valence-electron chi connectivity index (χ1n) is 8.04. The number of rotatable bonds is 3. The Morgan fingerprint density at radius 1 is 1.09 bits per heavy atom. The molecular formula is C19H21ClN2O. The van der Waals surface area contributed by atoms with E-state index in [9.17, 15) is 4.79 Å². The van der Waals surface area contributed by atoms with Gasteiger partial charge in [0, 0.05) is 29.8 Å². The molecule has 3 nitrogen and oxygen atoms in total. The Hall–Kier alpha value is -2.00. The minimum atomic E-state index is 0. The minimum Gasteiger partial charge on any atom is -0.385 e. The Kier molecular flexibility index (Phi) is 4.58. The molecule has 1 aliphatic heterocycles. The van der Waals surface area contributed by atoms with Crippen molar-refractivity contribution in [2.75, 3.05) is 11.9 Å². The van der Waals surface area contributed by atoms with Gasteiger partial charge >= 0.3 is 0 Å². The van der Waals surface area contributed by atoms with Crippen molar-refractivity contribution in [1.29, 1.82) is 0 Å². The van der Waals surface area contributed by atoms with Crippen molar-refractivity contribution in [3.05, 3.63) is 65.2 Å². The van der Waals surface area contributed by atoms with E-state index in [0.717, 1.165) is 37.1 Å². The van der Waals surface area contributed by atoms with E-state index in [1.807, 2.05) is 18.2 Å². The summed E-state index contributed by atoms with van der Waals surface area (Å²) in [5.74, 6) is 0.548. The van der Waals surface area contributed by atoms with Crippen LogP contribution in [0.1, 0.15) is 40.2 Å². The minimum absolute atomic E-state index is 0. The van der Waals surface area contributed by atoms with Gasteiger partial charge in [0.05, 0.1) is 0 Å². The van der Waals surface area contributed by atoms with Gasteiger partial charge in [0.15, 0.2) is 0 Å². The highest BCUT2D eigenvalue weighted by atomic mass is 35.5. The van der Waals surface area contributed by atoms with Crippen molar-refractivity contribution >= 4 is 24.0 Å². The monoisotopic (exact) mass is 328 g/mol. The molecule has 23 heavy (non-hydrogen) atoms. The predicted octanol–water partition coefficient (Wildman–Crippen LogP) is 3.75. The lowest BCUT2D eigenvalue weighted by Crippen LogP contribution is -2.28. The fourth-order valence-electron chi connectivity index (χ4n) is 3.39. The van der Waals surface area contributed by atoms with Gasteiger partial charge in [-0.1, -0.05) is 36.4 Å². The summed E-state index contributed by atoms with van der Waals surface area (Å²) in [6.45, 7) is 0.997. The zero-order valence-corrected chi connectivity index (χ0v) is 13.7. The molecule has 1 aliphatic carbocycles. The maximum absolute atomic E-state index is 12.6. The number of hydrogen-bond acceptors (Lipinski definition) is 2. The predicted molar refractivity (Wildman–Crippen MR) is 95.6 cm³/mol. The lowest BCUT2D eigenvalue weighted by Gasteiger charge is -2.20. The molecule has 2 aliphatic rings. The van der Waals surface area contributed by atoms with Crippen LogP contribution in [0.2, 0.25) is 0 Å². The summed E-state index contributed by atoms with van der Waals surface area (Å²) in [5, 5.41) is 6.58. The molecular weight excluding hydrogens is 308 g/mol. The van der Waals surface area contributed by atoms with Gasteiger partial charge in [0.25, 0.3) is 5.91 Å². The third kappa shape index (κ3) is 3.20. The second kappa shape index (κ2) is 6.63.